The van der Waals surface area contributed by atoms with Gasteiger partial charge in [0.1, 0.15) is 0 Å². The van der Waals surface area contributed by atoms with Crippen molar-refractivity contribution in [2.24, 2.45) is 0 Å². The van der Waals surface area contributed by atoms with Crippen LogP contribution in [0, 0.1) is 0 Å². The predicted octanol–water partition coefficient (Wildman–Crippen LogP) is 2.41. The summed E-state index contributed by atoms with van der Waals surface area (Å²) in [4.78, 5) is 25.5. The second-order valence-electron chi connectivity index (χ2n) is 5.31. The number of anilines is 1. The van der Waals surface area contributed by atoms with Gasteiger partial charge in [-0.1, -0.05) is 29.8 Å². The van der Waals surface area contributed by atoms with Gasteiger partial charge in [0.25, 0.3) is 11.8 Å². The SMILES string of the molecule is O=C1c2ccccc2C(=O)N1CC(O)CNc1cccc(Cl)c1. The van der Waals surface area contributed by atoms with Gasteiger partial charge in [-0.2, -0.15) is 0 Å². The van der Waals surface area contributed by atoms with Crippen molar-refractivity contribution < 1.29 is 14.7 Å². The highest BCUT2D eigenvalue weighted by Crippen LogP contribution is 2.22. The van der Waals surface area contributed by atoms with Gasteiger partial charge in [-0.3, -0.25) is 14.5 Å². The van der Waals surface area contributed by atoms with Crippen LogP contribution in [0.4, 0.5) is 5.69 Å². The first-order chi connectivity index (χ1) is 11.1. The maximum Gasteiger partial charge on any atom is 0.261 e. The number of hydrogen-bond donors (Lipinski definition) is 2. The van der Waals surface area contributed by atoms with Crippen LogP contribution in [0.25, 0.3) is 0 Å². The molecule has 23 heavy (non-hydrogen) atoms. The Balaban J connectivity index is 1.62. The van der Waals surface area contributed by atoms with Crippen LogP contribution < -0.4 is 5.32 Å². The number of rotatable bonds is 5. The number of benzene rings is 2. The number of amides is 2. The van der Waals surface area contributed by atoms with Crippen LogP contribution in [0.1, 0.15) is 20.7 Å². The lowest BCUT2D eigenvalue weighted by molar-refractivity contribution is 0.0558. The first kappa shape index (κ1) is 15.5. The van der Waals surface area contributed by atoms with Gasteiger partial charge in [-0.15, -0.1) is 0 Å². The van der Waals surface area contributed by atoms with E-state index in [0.29, 0.717) is 16.1 Å². The van der Waals surface area contributed by atoms with Gasteiger partial charge in [0, 0.05) is 17.3 Å². The van der Waals surface area contributed by atoms with Crippen LogP contribution in [0.3, 0.4) is 0 Å². The van der Waals surface area contributed by atoms with E-state index >= 15 is 0 Å². The van der Waals surface area contributed by atoms with Gasteiger partial charge in [-0.25, -0.2) is 0 Å². The number of hydrogen-bond acceptors (Lipinski definition) is 4. The summed E-state index contributed by atoms with van der Waals surface area (Å²) in [7, 11) is 0. The summed E-state index contributed by atoms with van der Waals surface area (Å²) in [6, 6.07) is 13.8. The maximum absolute atomic E-state index is 12.2. The minimum atomic E-state index is -0.879. The van der Waals surface area contributed by atoms with Crippen LogP contribution in [0.2, 0.25) is 5.02 Å². The Labute approximate surface area is 138 Å². The smallest absolute Gasteiger partial charge is 0.261 e. The van der Waals surface area contributed by atoms with Crippen molar-refractivity contribution in [2.75, 3.05) is 18.4 Å². The summed E-state index contributed by atoms with van der Waals surface area (Å²) in [5.74, 6) is -0.736. The van der Waals surface area contributed by atoms with E-state index in [-0.39, 0.29) is 24.9 Å². The second-order valence-corrected chi connectivity index (χ2v) is 5.75. The Morgan fingerprint density at radius 2 is 1.70 bits per heavy atom. The number of halogens is 1. The number of aliphatic hydroxyl groups is 1. The monoisotopic (exact) mass is 330 g/mol. The molecule has 1 unspecified atom stereocenters. The van der Waals surface area contributed by atoms with E-state index in [1.165, 1.54) is 0 Å². The summed E-state index contributed by atoms with van der Waals surface area (Å²) >= 11 is 5.89. The second kappa shape index (κ2) is 6.40. The zero-order valence-electron chi connectivity index (χ0n) is 12.2. The van der Waals surface area contributed by atoms with Gasteiger partial charge < -0.3 is 10.4 Å². The highest BCUT2D eigenvalue weighted by Gasteiger charge is 2.35. The van der Waals surface area contributed by atoms with Crippen molar-refractivity contribution in [3.63, 3.8) is 0 Å². The standard InChI is InChI=1S/C17H15ClN2O3/c18-11-4-3-5-12(8-11)19-9-13(21)10-20-16(22)14-6-1-2-7-15(14)17(20)23/h1-8,13,19,21H,9-10H2. The average molecular weight is 331 g/mol. The molecule has 6 heteroatoms. The number of fused-ring (bicyclic) bond motifs is 1. The zero-order chi connectivity index (χ0) is 16.4. The molecule has 0 radical (unpaired) electrons. The number of nitrogens with zero attached hydrogens (tertiary/aromatic N) is 1. The van der Waals surface area contributed by atoms with Crippen LogP contribution in [-0.2, 0) is 0 Å². The summed E-state index contributed by atoms with van der Waals surface area (Å²) in [6.45, 7) is 0.146. The summed E-state index contributed by atoms with van der Waals surface area (Å²) in [5, 5.41) is 13.7. The Bertz CT molecular complexity index is 728. The molecule has 0 aliphatic carbocycles. The van der Waals surface area contributed by atoms with Gasteiger partial charge in [-0.05, 0) is 30.3 Å². The molecule has 2 N–H and O–H groups in total. The van der Waals surface area contributed by atoms with Gasteiger partial charge in [0.15, 0.2) is 0 Å². The average Bonchev–Trinajstić information content (AvgIpc) is 2.79. The first-order valence-corrected chi connectivity index (χ1v) is 7.57. The van der Waals surface area contributed by atoms with Crippen LogP contribution in [0.5, 0.6) is 0 Å². The highest BCUT2D eigenvalue weighted by atomic mass is 35.5. The van der Waals surface area contributed by atoms with E-state index in [4.69, 9.17) is 11.6 Å². The lowest BCUT2D eigenvalue weighted by Crippen LogP contribution is -2.39. The fourth-order valence-corrected chi connectivity index (χ4v) is 2.70. The molecular formula is C17H15ClN2O3. The largest absolute Gasteiger partial charge is 0.389 e. The lowest BCUT2D eigenvalue weighted by atomic mass is 10.1. The molecule has 118 valence electrons. The topological polar surface area (TPSA) is 69.6 Å². The third-order valence-electron chi connectivity index (χ3n) is 3.64. The molecule has 1 aliphatic heterocycles. The van der Waals surface area contributed by atoms with Gasteiger partial charge >= 0.3 is 0 Å². The van der Waals surface area contributed by atoms with E-state index in [9.17, 15) is 14.7 Å². The molecule has 0 fully saturated rings. The zero-order valence-corrected chi connectivity index (χ0v) is 13.0. The van der Waals surface area contributed by atoms with E-state index in [2.05, 4.69) is 5.32 Å². The fourth-order valence-electron chi connectivity index (χ4n) is 2.51. The van der Waals surface area contributed by atoms with E-state index in [1.807, 2.05) is 6.07 Å². The number of nitrogens with one attached hydrogen (secondary N) is 1. The van der Waals surface area contributed by atoms with Crippen LogP contribution >= 0.6 is 11.6 Å². The Morgan fingerprint density at radius 3 is 2.30 bits per heavy atom. The molecule has 0 saturated carbocycles. The van der Waals surface area contributed by atoms with Crippen molar-refractivity contribution >= 4 is 29.1 Å². The molecule has 5 nitrogen and oxygen atoms in total. The summed E-state index contributed by atoms with van der Waals surface area (Å²) in [5.41, 5.74) is 1.53. The van der Waals surface area contributed by atoms with E-state index in [0.717, 1.165) is 10.6 Å². The number of β-amino-alcohol motifs (C(OH)–C–C–N with tert-alkyl or cyclic N) is 1. The molecule has 1 heterocycles. The minimum absolute atomic E-state index is 0.0556. The number of imide groups is 1. The lowest BCUT2D eigenvalue weighted by Gasteiger charge is -2.19. The van der Waals surface area contributed by atoms with Crippen molar-refractivity contribution in [3.8, 4) is 0 Å². The Kier molecular flexibility index (Phi) is 4.32. The van der Waals surface area contributed by atoms with E-state index in [1.54, 1.807) is 42.5 Å². The fraction of sp³-hybridized carbons (Fsp3) is 0.176. The van der Waals surface area contributed by atoms with Crippen LogP contribution in [-0.4, -0.2) is 41.0 Å². The third-order valence-corrected chi connectivity index (χ3v) is 3.87. The molecule has 2 aromatic carbocycles. The number of carbonyl (C=O) groups is 2. The molecule has 1 aliphatic rings. The molecule has 3 rings (SSSR count). The predicted molar refractivity (Wildman–Crippen MR) is 87.8 cm³/mol. The number of aliphatic hydroxyl groups excluding tert-OH is 1. The molecule has 1 atom stereocenters. The molecular weight excluding hydrogens is 316 g/mol. The Hall–Kier alpha value is -2.37. The van der Waals surface area contributed by atoms with Crippen LogP contribution in [0.15, 0.2) is 48.5 Å². The normalized spacial score (nSPS) is 14.8. The molecule has 0 bridgehead atoms. The van der Waals surface area contributed by atoms with Crippen molar-refractivity contribution in [3.05, 3.63) is 64.7 Å². The number of carbonyl (C=O) groups excluding carboxylic acids is 2. The maximum atomic E-state index is 12.2. The Morgan fingerprint density at radius 1 is 1.04 bits per heavy atom. The molecule has 2 aromatic rings. The minimum Gasteiger partial charge on any atom is -0.389 e. The molecule has 0 saturated heterocycles. The third kappa shape index (κ3) is 3.21. The summed E-state index contributed by atoms with van der Waals surface area (Å²) < 4.78 is 0. The van der Waals surface area contributed by atoms with Crippen molar-refractivity contribution in [1.29, 1.82) is 0 Å². The van der Waals surface area contributed by atoms with E-state index < -0.39 is 6.10 Å². The van der Waals surface area contributed by atoms with Gasteiger partial charge in [0.2, 0.25) is 0 Å². The first-order valence-electron chi connectivity index (χ1n) is 7.19. The van der Waals surface area contributed by atoms with Crippen molar-refractivity contribution in [2.45, 2.75) is 6.10 Å². The van der Waals surface area contributed by atoms with Gasteiger partial charge in [0.05, 0.1) is 23.8 Å². The van der Waals surface area contributed by atoms with Crippen molar-refractivity contribution in [1.82, 2.24) is 4.90 Å². The molecule has 2 amide bonds. The molecule has 0 spiro atoms. The summed E-state index contributed by atoms with van der Waals surface area (Å²) in [6.07, 6.45) is -0.879. The quantitative estimate of drug-likeness (QED) is 0.826. The molecule has 0 aromatic heterocycles. The highest BCUT2D eigenvalue weighted by molar-refractivity contribution is 6.30.